The van der Waals surface area contributed by atoms with E-state index in [1.807, 2.05) is 0 Å². The Kier molecular flexibility index (Phi) is 5.85. The first-order chi connectivity index (χ1) is 7.26. The molecule has 1 rings (SSSR count). The summed E-state index contributed by atoms with van der Waals surface area (Å²) in [6.07, 6.45) is 7.49. The van der Waals surface area contributed by atoms with Gasteiger partial charge in [0.25, 0.3) is 0 Å². The highest BCUT2D eigenvalue weighted by molar-refractivity contribution is 7.80. The molecule has 0 spiro atoms. The molecule has 0 saturated carbocycles. The Hall–Kier alpha value is -0.430. The Morgan fingerprint density at radius 1 is 0.867 bits per heavy atom. The minimum absolute atomic E-state index is 1.12. The maximum atomic E-state index is 4.47. The van der Waals surface area contributed by atoms with Gasteiger partial charge in [-0.2, -0.15) is 0 Å². The minimum Gasteiger partial charge on any atom is -0.143 e. The maximum absolute atomic E-state index is 4.47. The van der Waals surface area contributed by atoms with Crippen molar-refractivity contribution in [3.63, 3.8) is 0 Å². The molecule has 0 heterocycles. The maximum Gasteiger partial charge on any atom is 0.00454 e. The molecule has 0 unspecified atom stereocenters. The van der Waals surface area contributed by atoms with Crippen LogP contribution in [0, 0.1) is 0 Å². The van der Waals surface area contributed by atoms with Crippen molar-refractivity contribution in [2.45, 2.75) is 57.3 Å². The lowest BCUT2D eigenvalue weighted by atomic mass is 10.0. The van der Waals surface area contributed by atoms with Gasteiger partial charge < -0.3 is 0 Å². The van der Waals surface area contributed by atoms with E-state index >= 15 is 0 Å². The lowest BCUT2D eigenvalue weighted by Gasteiger charge is -2.06. The zero-order chi connectivity index (χ0) is 11.1. The fourth-order valence-electron chi connectivity index (χ4n) is 1.79. The second-order valence-electron chi connectivity index (χ2n) is 4.21. The van der Waals surface area contributed by atoms with Gasteiger partial charge in [-0.3, -0.25) is 0 Å². The van der Waals surface area contributed by atoms with Gasteiger partial charge in [-0.1, -0.05) is 32.8 Å². The van der Waals surface area contributed by atoms with Crippen molar-refractivity contribution in [2.75, 3.05) is 0 Å². The van der Waals surface area contributed by atoms with Crippen LogP contribution in [0.15, 0.2) is 23.1 Å². The van der Waals surface area contributed by atoms with Crippen LogP contribution in [0.25, 0.3) is 0 Å². The highest BCUT2D eigenvalue weighted by Gasteiger charge is 1.99. The van der Waals surface area contributed by atoms with E-state index in [2.05, 4.69) is 44.7 Å². The van der Waals surface area contributed by atoms with Gasteiger partial charge in [0.2, 0.25) is 0 Å². The smallest absolute Gasteiger partial charge is 0.00454 e. The van der Waals surface area contributed by atoms with Crippen LogP contribution in [-0.4, -0.2) is 0 Å². The number of rotatable bonds is 6. The third-order valence-corrected chi connectivity index (χ3v) is 2.93. The summed E-state index contributed by atoms with van der Waals surface area (Å²) < 4.78 is 0. The number of thiol groups is 1. The average molecular weight is 222 g/mol. The zero-order valence-corrected chi connectivity index (χ0v) is 10.8. The van der Waals surface area contributed by atoms with Crippen LogP contribution in [0.5, 0.6) is 0 Å². The van der Waals surface area contributed by atoms with E-state index in [0.717, 1.165) is 4.90 Å². The van der Waals surface area contributed by atoms with Crippen LogP contribution in [-0.2, 0) is 12.8 Å². The van der Waals surface area contributed by atoms with Crippen LogP contribution in [0.1, 0.15) is 50.7 Å². The standard InChI is InChI=1S/C14H22S/c1-3-5-7-12-9-13(8-6-4-2)11-14(15)10-12/h9-11,15H,3-8H2,1-2H3. The summed E-state index contributed by atoms with van der Waals surface area (Å²) in [5, 5.41) is 0. The third-order valence-electron chi connectivity index (χ3n) is 2.68. The number of unbranched alkanes of at least 4 members (excludes halogenated alkanes) is 2. The van der Waals surface area contributed by atoms with Crippen LogP contribution in [0.2, 0.25) is 0 Å². The fraction of sp³-hybridized carbons (Fsp3) is 0.571. The predicted molar refractivity (Wildman–Crippen MR) is 70.9 cm³/mol. The van der Waals surface area contributed by atoms with E-state index in [1.54, 1.807) is 0 Å². The average Bonchev–Trinajstić information content (AvgIpc) is 2.23. The van der Waals surface area contributed by atoms with Crippen LogP contribution >= 0.6 is 12.6 Å². The van der Waals surface area contributed by atoms with E-state index in [0.29, 0.717) is 0 Å². The van der Waals surface area contributed by atoms with E-state index in [1.165, 1.54) is 49.7 Å². The molecule has 0 aromatic heterocycles. The Bertz CT molecular complexity index is 265. The van der Waals surface area contributed by atoms with Gasteiger partial charge >= 0.3 is 0 Å². The molecule has 0 aliphatic heterocycles. The molecule has 0 aliphatic carbocycles. The van der Waals surface area contributed by atoms with Gasteiger partial charge in [-0.05, 0) is 48.9 Å². The summed E-state index contributed by atoms with van der Waals surface area (Å²) in [4.78, 5) is 1.12. The van der Waals surface area contributed by atoms with Crippen molar-refractivity contribution in [1.82, 2.24) is 0 Å². The molecule has 1 aromatic carbocycles. The van der Waals surface area contributed by atoms with Crippen molar-refractivity contribution >= 4 is 12.6 Å². The molecule has 1 aromatic rings. The van der Waals surface area contributed by atoms with Crippen molar-refractivity contribution in [1.29, 1.82) is 0 Å². The van der Waals surface area contributed by atoms with E-state index in [9.17, 15) is 0 Å². The Balaban J connectivity index is 2.66. The van der Waals surface area contributed by atoms with E-state index < -0.39 is 0 Å². The fourth-order valence-corrected chi connectivity index (χ4v) is 2.13. The number of hydrogen-bond donors (Lipinski definition) is 1. The molecular formula is C14H22S. The quantitative estimate of drug-likeness (QED) is 0.665. The van der Waals surface area contributed by atoms with Gasteiger partial charge in [-0.25, -0.2) is 0 Å². The number of aryl methyl sites for hydroxylation is 2. The van der Waals surface area contributed by atoms with E-state index in [-0.39, 0.29) is 0 Å². The summed E-state index contributed by atoms with van der Waals surface area (Å²) in [5.41, 5.74) is 2.91. The second kappa shape index (κ2) is 6.95. The molecule has 0 aliphatic rings. The SMILES string of the molecule is CCCCc1cc(S)cc(CCCC)c1. The summed E-state index contributed by atoms with van der Waals surface area (Å²) in [6.45, 7) is 4.48. The lowest BCUT2D eigenvalue weighted by molar-refractivity contribution is 0.777. The third kappa shape index (κ3) is 4.74. The highest BCUT2D eigenvalue weighted by atomic mass is 32.1. The Morgan fingerprint density at radius 2 is 1.33 bits per heavy atom. The molecule has 0 amide bonds. The molecule has 15 heavy (non-hydrogen) atoms. The minimum atomic E-state index is 1.12. The summed E-state index contributed by atoms with van der Waals surface area (Å²) in [6, 6.07) is 6.76. The van der Waals surface area contributed by atoms with Gasteiger partial charge in [-0.15, -0.1) is 12.6 Å². The molecule has 0 radical (unpaired) electrons. The molecular weight excluding hydrogens is 200 g/mol. The second-order valence-corrected chi connectivity index (χ2v) is 4.73. The molecule has 0 N–H and O–H groups in total. The molecule has 1 heteroatoms. The summed E-state index contributed by atoms with van der Waals surface area (Å²) >= 11 is 4.47. The van der Waals surface area contributed by atoms with Gasteiger partial charge in [0, 0.05) is 4.90 Å². The van der Waals surface area contributed by atoms with Gasteiger partial charge in [0.15, 0.2) is 0 Å². The zero-order valence-electron chi connectivity index (χ0n) is 9.92. The molecule has 0 nitrogen and oxygen atoms in total. The van der Waals surface area contributed by atoms with Crippen molar-refractivity contribution in [2.24, 2.45) is 0 Å². The number of benzene rings is 1. The van der Waals surface area contributed by atoms with Crippen LogP contribution < -0.4 is 0 Å². The van der Waals surface area contributed by atoms with Crippen LogP contribution in [0.4, 0.5) is 0 Å². The predicted octanol–water partition coefficient (Wildman–Crippen LogP) is 4.66. The monoisotopic (exact) mass is 222 g/mol. The normalized spacial score (nSPS) is 10.6. The molecule has 0 saturated heterocycles. The molecule has 0 bridgehead atoms. The van der Waals surface area contributed by atoms with Gasteiger partial charge in [0.05, 0.1) is 0 Å². The Morgan fingerprint density at radius 3 is 1.73 bits per heavy atom. The molecule has 0 atom stereocenters. The largest absolute Gasteiger partial charge is 0.143 e. The van der Waals surface area contributed by atoms with E-state index in [4.69, 9.17) is 0 Å². The summed E-state index contributed by atoms with van der Waals surface area (Å²) in [7, 11) is 0. The first-order valence-corrected chi connectivity index (χ1v) is 6.52. The molecule has 84 valence electrons. The van der Waals surface area contributed by atoms with Crippen molar-refractivity contribution < 1.29 is 0 Å². The topological polar surface area (TPSA) is 0 Å². The Labute approximate surface area is 99.5 Å². The molecule has 0 fully saturated rings. The first-order valence-electron chi connectivity index (χ1n) is 6.08. The van der Waals surface area contributed by atoms with Crippen molar-refractivity contribution in [3.05, 3.63) is 29.3 Å². The number of hydrogen-bond acceptors (Lipinski definition) is 1. The highest BCUT2D eigenvalue weighted by Crippen LogP contribution is 2.17. The summed E-state index contributed by atoms with van der Waals surface area (Å²) in [5.74, 6) is 0. The lowest BCUT2D eigenvalue weighted by Crippen LogP contribution is -1.90. The van der Waals surface area contributed by atoms with Gasteiger partial charge in [0.1, 0.15) is 0 Å². The first kappa shape index (κ1) is 12.6. The van der Waals surface area contributed by atoms with Crippen molar-refractivity contribution in [3.8, 4) is 0 Å². The van der Waals surface area contributed by atoms with Crippen LogP contribution in [0.3, 0.4) is 0 Å².